The molecule has 2 aromatic rings. The number of rotatable bonds is 6. The molecule has 1 aromatic heterocycles. The first kappa shape index (κ1) is 15.1. The summed E-state index contributed by atoms with van der Waals surface area (Å²) in [6, 6.07) is 11.8. The van der Waals surface area contributed by atoms with Crippen LogP contribution in [0.2, 0.25) is 0 Å². The minimum atomic E-state index is -3.23. The van der Waals surface area contributed by atoms with Gasteiger partial charge in [0, 0.05) is 18.8 Å². The van der Waals surface area contributed by atoms with Crippen molar-refractivity contribution in [2.45, 2.75) is 19.4 Å². The first-order chi connectivity index (χ1) is 10.6. The Morgan fingerprint density at radius 3 is 2.82 bits per heavy atom. The molecular formula is C16H20N2O3S. The van der Waals surface area contributed by atoms with Crippen LogP contribution in [0.5, 0.6) is 0 Å². The first-order valence-corrected chi connectivity index (χ1v) is 9.11. The molecule has 22 heavy (non-hydrogen) atoms. The first-order valence-electron chi connectivity index (χ1n) is 7.46. The number of sulfonamides is 1. The lowest BCUT2D eigenvalue weighted by Gasteiger charge is -2.29. The summed E-state index contributed by atoms with van der Waals surface area (Å²) in [5, 5.41) is 0. The van der Waals surface area contributed by atoms with Crippen molar-refractivity contribution >= 4 is 15.7 Å². The number of fused-ring (bicyclic) bond motifs is 1. The van der Waals surface area contributed by atoms with Crippen LogP contribution in [0.1, 0.15) is 24.3 Å². The molecule has 0 saturated carbocycles. The second kappa shape index (κ2) is 6.14. The van der Waals surface area contributed by atoms with Gasteiger partial charge in [0.05, 0.1) is 12.0 Å². The zero-order chi connectivity index (χ0) is 15.6. The molecule has 1 aliphatic rings. The molecule has 0 saturated heterocycles. The number of nitrogens with one attached hydrogen (secondary N) is 1. The Bertz CT molecular complexity index is 726. The van der Waals surface area contributed by atoms with Crippen LogP contribution in [-0.2, 0) is 16.4 Å². The number of anilines is 1. The smallest absolute Gasteiger partial charge is 0.211 e. The lowest BCUT2D eigenvalue weighted by molar-refractivity contribution is 0.447. The van der Waals surface area contributed by atoms with E-state index in [1.807, 2.05) is 24.3 Å². The maximum Gasteiger partial charge on any atom is 0.211 e. The number of hydrogen-bond donors (Lipinski definition) is 1. The molecule has 6 heteroatoms. The number of para-hydroxylation sites is 1. The fourth-order valence-corrected chi connectivity index (χ4v) is 3.46. The van der Waals surface area contributed by atoms with Crippen LogP contribution in [0.4, 0.5) is 5.69 Å². The highest BCUT2D eigenvalue weighted by molar-refractivity contribution is 7.89. The molecule has 0 radical (unpaired) electrons. The average Bonchev–Trinajstić information content (AvgIpc) is 3.18. The summed E-state index contributed by atoms with van der Waals surface area (Å²) >= 11 is 0. The summed E-state index contributed by atoms with van der Waals surface area (Å²) in [4.78, 5) is 2.21. The molecule has 0 spiro atoms. The predicted molar refractivity (Wildman–Crippen MR) is 86.4 cm³/mol. The largest absolute Gasteiger partial charge is 0.467 e. The van der Waals surface area contributed by atoms with Gasteiger partial charge in [0.2, 0.25) is 10.0 Å². The van der Waals surface area contributed by atoms with Gasteiger partial charge in [-0.3, -0.25) is 0 Å². The van der Waals surface area contributed by atoms with E-state index in [0.29, 0.717) is 6.54 Å². The van der Waals surface area contributed by atoms with E-state index in [1.54, 1.807) is 13.2 Å². The molecule has 2 heterocycles. The van der Waals surface area contributed by atoms with E-state index >= 15 is 0 Å². The monoisotopic (exact) mass is 320 g/mol. The Labute approximate surface area is 131 Å². The van der Waals surface area contributed by atoms with Crippen molar-refractivity contribution in [3.05, 3.63) is 54.0 Å². The Morgan fingerprint density at radius 1 is 1.27 bits per heavy atom. The quantitative estimate of drug-likeness (QED) is 0.887. The van der Waals surface area contributed by atoms with E-state index < -0.39 is 10.0 Å². The molecule has 5 nitrogen and oxygen atoms in total. The van der Waals surface area contributed by atoms with Gasteiger partial charge in [-0.1, -0.05) is 18.2 Å². The van der Waals surface area contributed by atoms with Gasteiger partial charge < -0.3 is 9.32 Å². The van der Waals surface area contributed by atoms with E-state index in [0.717, 1.165) is 24.4 Å². The van der Waals surface area contributed by atoms with Crippen molar-refractivity contribution in [2.24, 2.45) is 0 Å². The van der Waals surface area contributed by atoms with Crippen LogP contribution in [0.25, 0.3) is 0 Å². The maximum atomic E-state index is 11.8. The fraction of sp³-hybridized carbons (Fsp3) is 0.375. The van der Waals surface area contributed by atoms with E-state index in [9.17, 15) is 8.42 Å². The molecule has 0 unspecified atom stereocenters. The number of benzene rings is 1. The van der Waals surface area contributed by atoms with Crippen LogP contribution >= 0.6 is 0 Å². The number of hydrogen-bond acceptors (Lipinski definition) is 4. The summed E-state index contributed by atoms with van der Waals surface area (Å²) in [5.41, 5.74) is 2.44. The van der Waals surface area contributed by atoms with Crippen LogP contribution in [-0.4, -0.2) is 27.3 Å². The van der Waals surface area contributed by atoms with Gasteiger partial charge in [-0.15, -0.1) is 0 Å². The van der Waals surface area contributed by atoms with Crippen LogP contribution < -0.4 is 9.62 Å². The molecule has 1 atom stereocenters. The van der Waals surface area contributed by atoms with Gasteiger partial charge in [0.1, 0.15) is 11.8 Å². The van der Waals surface area contributed by atoms with Crippen molar-refractivity contribution in [3.63, 3.8) is 0 Å². The Balaban J connectivity index is 1.87. The summed E-state index contributed by atoms with van der Waals surface area (Å²) < 4.78 is 31.8. The van der Waals surface area contributed by atoms with Crippen LogP contribution in [0.15, 0.2) is 47.1 Å². The Morgan fingerprint density at radius 2 is 2.09 bits per heavy atom. The normalized spacial score (nSPS) is 15.8. The highest BCUT2D eigenvalue weighted by Gasteiger charge is 2.29. The molecule has 1 aromatic carbocycles. The zero-order valence-electron chi connectivity index (χ0n) is 12.5. The Hall–Kier alpha value is -1.79. The van der Waals surface area contributed by atoms with E-state index in [4.69, 9.17) is 4.42 Å². The zero-order valence-corrected chi connectivity index (χ0v) is 13.3. The van der Waals surface area contributed by atoms with Crippen molar-refractivity contribution in [2.75, 3.05) is 23.7 Å². The lowest BCUT2D eigenvalue weighted by atomic mass is 10.1. The SMILES string of the molecule is CCS(=O)(=O)NC[C@H](c1ccco1)N1CCc2ccccc21. The van der Waals surface area contributed by atoms with Crippen molar-refractivity contribution < 1.29 is 12.8 Å². The van der Waals surface area contributed by atoms with Gasteiger partial charge in [-0.2, -0.15) is 0 Å². The van der Waals surface area contributed by atoms with Crippen LogP contribution in [0, 0.1) is 0 Å². The fourth-order valence-electron chi connectivity index (χ4n) is 2.84. The molecule has 118 valence electrons. The highest BCUT2D eigenvalue weighted by atomic mass is 32.2. The minimum absolute atomic E-state index is 0.0778. The predicted octanol–water partition coefficient (Wildman–Crippen LogP) is 2.32. The van der Waals surface area contributed by atoms with Crippen molar-refractivity contribution in [1.82, 2.24) is 4.72 Å². The van der Waals surface area contributed by atoms with E-state index in [2.05, 4.69) is 21.8 Å². The summed E-state index contributed by atoms with van der Waals surface area (Å²) in [5.74, 6) is 0.851. The average molecular weight is 320 g/mol. The lowest BCUT2D eigenvalue weighted by Crippen LogP contribution is -2.37. The standard InChI is InChI=1S/C16H20N2O3S/c1-2-22(19,20)17-12-15(16-8-5-11-21-16)18-10-9-13-6-3-4-7-14(13)18/h3-8,11,15,17H,2,9-10,12H2,1H3/t15-/m1/s1. The molecule has 1 N–H and O–H groups in total. The second-order valence-electron chi connectivity index (χ2n) is 5.36. The topological polar surface area (TPSA) is 62.6 Å². The van der Waals surface area contributed by atoms with Gasteiger partial charge in [0.25, 0.3) is 0 Å². The summed E-state index contributed by atoms with van der Waals surface area (Å²) in [7, 11) is -3.23. The van der Waals surface area contributed by atoms with Gasteiger partial charge >= 0.3 is 0 Å². The summed E-state index contributed by atoms with van der Waals surface area (Å²) in [6.07, 6.45) is 2.59. The van der Waals surface area contributed by atoms with Gasteiger partial charge in [-0.25, -0.2) is 13.1 Å². The molecule has 0 bridgehead atoms. The molecule has 3 rings (SSSR count). The molecule has 1 aliphatic heterocycles. The van der Waals surface area contributed by atoms with Crippen molar-refractivity contribution in [3.8, 4) is 0 Å². The molecule has 0 fully saturated rings. The number of nitrogens with zero attached hydrogens (tertiary/aromatic N) is 1. The number of furan rings is 1. The molecule has 0 amide bonds. The highest BCUT2D eigenvalue weighted by Crippen LogP contribution is 2.34. The minimum Gasteiger partial charge on any atom is -0.467 e. The van der Waals surface area contributed by atoms with E-state index in [1.165, 1.54) is 5.56 Å². The van der Waals surface area contributed by atoms with Gasteiger partial charge in [-0.05, 0) is 37.1 Å². The van der Waals surface area contributed by atoms with Crippen LogP contribution in [0.3, 0.4) is 0 Å². The van der Waals surface area contributed by atoms with Gasteiger partial charge in [0.15, 0.2) is 0 Å². The third kappa shape index (κ3) is 3.03. The third-order valence-electron chi connectivity index (χ3n) is 4.05. The molecule has 0 aliphatic carbocycles. The molecular weight excluding hydrogens is 300 g/mol. The van der Waals surface area contributed by atoms with Crippen molar-refractivity contribution in [1.29, 1.82) is 0 Å². The van der Waals surface area contributed by atoms with E-state index in [-0.39, 0.29) is 11.8 Å². The third-order valence-corrected chi connectivity index (χ3v) is 5.41. The summed E-state index contributed by atoms with van der Waals surface area (Å²) in [6.45, 7) is 2.80. The Kier molecular flexibility index (Phi) is 4.22. The second-order valence-corrected chi connectivity index (χ2v) is 7.45. The maximum absolute atomic E-state index is 11.8.